The number of aromatic nitrogens is 1. The Labute approximate surface area is 116 Å². The molecule has 1 amide bonds. The Kier molecular flexibility index (Phi) is 4.60. The van der Waals surface area contributed by atoms with Crippen LogP contribution in [0, 0.1) is 6.92 Å². The van der Waals surface area contributed by atoms with Crippen molar-refractivity contribution >= 4 is 5.91 Å². The lowest BCUT2D eigenvalue weighted by atomic mass is 10.3. The van der Waals surface area contributed by atoms with E-state index in [1.54, 1.807) is 31.3 Å². The van der Waals surface area contributed by atoms with Crippen LogP contribution in [0.5, 0.6) is 11.5 Å². The van der Waals surface area contributed by atoms with E-state index in [9.17, 15) is 4.79 Å². The molecule has 0 fully saturated rings. The van der Waals surface area contributed by atoms with E-state index >= 15 is 0 Å². The molecule has 1 aromatic carbocycles. The van der Waals surface area contributed by atoms with Crippen LogP contribution in [-0.4, -0.2) is 24.7 Å². The van der Waals surface area contributed by atoms with Crippen LogP contribution in [0.3, 0.4) is 0 Å². The topological polar surface area (TPSA) is 73.6 Å². The molecule has 0 aliphatic heterocycles. The molecule has 0 aliphatic carbocycles. The van der Waals surface area contributed by atoms with Crippen molar-refractivity contribution in [2.24, 2.45) is 0 Å². The van der Waals surface area contributed by atoms with Crippen LogP contribution in [0.2, 0.25) is 0 Å². The van der Waals surface area contributed by atoms with Crippen molar-refractivity contribution in [2.75, 3.05) is 13.7 Å². The zero-order valence-corrected chi connectivity index (χ0v) is 11.4. The van der Waals surface area contributed by atoms with Crippen LogP contribution in [-0.2, 0) is 11.4 Å². The monoisotopic (exact) mass is 276 g/mol. The molecule has 1 heterocycles. The molecular formula is C14H16N2O4. The fourth-order valence-corrected chi connectivity index (χ4v) is 1.52. The molecule has 20 heavy (non-hydrogen) atoms. The van der Waals surface area contributed by atoms with E-state index in [0.717, 1.165) is 11.5 Å². The van der Waals surface area contributed by atoms with Gasteiger partial charge in [-0.15, -0.1) is 0 Å². The van der Waals surface area contributed by atoms with Gasteiger partial charge in [0.05, 0.1) is 0 Å². The maximum Gasteiger partial charge on any atom is 0.257 e. The molecule has 0 bridgehead atoms. The van der Waals surface area contributed by atoms with Gasteiger partial charge in [0, 0.05) is 19.2 Å². The molecule has 0 spiro atoms. The Morgan fingerprint density at radius 3 is 2.70 bits per heavy atom. The largest absolute Gasteiger partial charge is 0.487 e. The Bertz CT molecular complexity index is 580. The third kappa shape index (κ3) is 4.01. The molecule has 0 unspecified atom stereocenters. The fourth-order valence-electron chi connectivity index (χ4n) is 1.52. The molecule has 6 nitrogen and oxygen atoms in total. The van der Waals surface area contributed by atoms with E-state index in [-0.39, 0.29) is 12.5 Å². The molecule has 0 radical (unpaired) electrons. The van der Waals surface area contributed by atoms with Gasteiger partial charge in [-0.1, -0.05) is 11.2 Å². The minimum atomic E-state index is -0.186. The number of carbonyl (C=O) groups is 1. The number of benzene rings is 1. The average molecular weight is 276 g/mol. The number of amides is 1. The van der Waals surface area contributed by atoms with E-state index in [2.05, 4.69) is 10.5 Å². The first kappa shape index (κ1) is 13.9. The van der Waals surface area contributed by atoms with Gasteiger partial charge in [0.1, 0.15) is 29.6 Å². The zero-order chi connectivity index (χ0) is 14.4. The Morgan fingerprint density at radius 2 is 2.05 bits per heavy atom. The van der Waals surface area contributed by atoms with Gasteiger partial charge in [0.2, 0.25) is 0 Å². The smallest absolute Gasteiger partial charge is 0.257 e. The van der Waals surface area contributed by atoms with Crippen molar-refractivity contribution < 1.29 is 18.8 Å². The predicted octanol–water partition coefficient (Wildman–Crippen LogP) is 1.69. The van der Waals surface area contributed by atoms with Gasteiger partial charge in [-0.2, -0.15) is 0 Å². The van der Waals surface area contributed by atoms with Crippen molar-refractivity contribution in [1.29, 1.82) is 0 Å². The molecular weight excluding hydrogens is 260 g/mol. The van der Waals surface area contributed by atoms with Crippen molar-refractivity contribution in [3.05, 3.63) is 41.8 Å². The van der Waals surface area contributed by atoms with Crippen LogP contribution in [0.1, 0.15) is 11.5 Å². The number of nitrogens with one attached hydrogen (secondary N) is 1. The zero-order valence-electron chi connectivity index (χ0n) is 11.4. The summed E-state index contributed by atoms with van der Waals surface area (Å²) in [5.41, 5.74) is 0.721. The Morgan fingerprint density at radius 1 is 1.30 bits per heavy atom. The highest BCUT2D eigenvalue weighted by molar-refractivity contribution is 5.77. The number of nitrogens with zero attached hydrogens (tertiary/aromatic N) is 1. The van der Waals surface area contributed by atoms with Crippen molar-refractivity contribution in [3.63, 3.8) is 0 Å². The first-order valence-electron chi connectivity index (χ1n) is 6.16. The second kappa shape index (κ2) is 6.60. The lowest BCUT2D eigenvalue weighted by Crippen LogP contribution is -2.24. The molecule has 0 aliphatic rings. The fraction of sp³-hybridized carbons (Fsp3) is 0.286. The van der Waals surface area contributed by atoms with Crippen LogP contribution < -0.4 is 14.8 Å². The highest BCUT2D eigenvalue weighted by atomic mass is 16.5. The predicted molar refractivity (Wildman–Crippen MR) is 71.6 cm³/mol. The molecule has 2 aromatic rings. The van der Waals surface area contributed by atoms with Crippen LogP contribution in [0.25, 0.3) is 0 Å². The Balaban J connectivity index is 1.90. The molecule has 6 heteroatoms. The molecule has 2 rings (SSSR count). The number of ether oxygens (including phenoxy) is 2. The highest BCUT2D eigenvalue weighted by Gasteiger charge is 2.04. The van der Waals surface area contributed by atoms with E-state index in [1.807, 2.05) is 13.0 Å². The summed E-state index contributed by atoms with van der Waals surface area (Å²) < 4.78 is 15.9. The summed E-state index contributed by atoms with van der Waals surface area (Å²) in [4.78, 5) is 11.1. The first-order valence-corrected chi connectivity index (χ1v) is 6.16. The number of aryl methyl sites for hydroxylation is 1. The lowest BCUT2D eigenvalue weighted by Gasteiger charge is -2.08. The standard InChI is InChI=1S/C14H16N2O4/c1-10-6-11(16-20-10)8-18-12-4-3-5-13(7-12)19-9-14(17)15-2/h3-7H,8-9H2,1-2H3,(H,15,17). The van der Waals surface area contributed by atoms with Crippen molar-refractivity contribution in [1.82, 2.24) is 10.5 Å². The summed E-state index contributed by atoms with van der Waals surface area (Å²) in [6.07, 6.45) is 0. The van der Waals surface area contributed by atoms with Gasteiger partial charge < -0.3 is 19.3 Å². The third-order valence-electron chi connectivity index (χ3n) is 2.52. The second-order valence-corrected chi connectivity index (χ2v) is 4.15. The third-order valence-corrected chi connectivity index (χ3v) is 2.52. The summed E-state index contributed by atoms with van der Waals surface area (Å²) >= 11 is 0. The summed E-state index contributed by atoms with van der Waals surface area (Å²) in [5.74, 6) is 1.77. The van der Waals surface area contributed by atoms with E-state index in [0.29, 0.717) is 18.1 Å². The van der Waals surface area contributed by atoms with Crippen LogP contribution in [0.4, 0.5) is 0 Å². The number of likely N-dealkylation sites (N-methyl/N-ethyl adjacent to an activating group) is 1. The number of carbonyl (C=O) groups excluding carboxylic acids is 1. The summed E-state index contributed by atoms with van der Waals surface area (Å²) in [6.45, 7) is 2.11. The maximum absolute atomic E-state index is 11.1. The first-order chi connectivity index (χ1) is 9.67. The highest BCUT2D eigenvalue weighted by Crippen LogP contribution is 2.20. The van der Waals surface area contributed by atoms with Gasteiger partial charge in [0.15, 0.2) is 6.61 Å². The van der Waals surface area contributed by atoms with E-state index in [4.69, 9.17) is 14.0 Å². The second-order valence-electron chi connectivity index (χ2n) is 4.15. The van der Waals surface area contributed by atoms with E-state index in [1.165, 1.54) is 0 Å². The van der Waals surface area contributed by atoms with Gasteiger partial charge in [-0.25, -0.2) is 0 Å². The molecule has 0 saturated carbocycles. The molecule has 0 atom stereocenters. The molecule has 1 N–H and O–H groups in total. The average Bonchev–Trinajstić information content (AvgIpc) is 2.88. The summed E-state index contributed by atoms with van der Waals surface area (Å²) in [5, 5.41) is 6.32. The molecule has 106 valence electrons. The van der Waals surface area contributed by atoms with Crippen molar-refractivity contribution in [2.45, 2.75) is 13.5 Å². The van der Waals surface area contributed by atoms with Crippen LogP contribution >= 0.6 is 0 Å². The summed E-state index contributed by atoms with van der Waals surface area (Å²) in [7, 11) is 1.56. The van der Waals surface area contributed by atoms with Gasteiger partial charge in [0.25, 0.3) is 5.91 Å². The number of hydrogen-bond acceptors (Lipinski definition) is 5. The number of hydrogen-bond donors (Lipinski definition) is 1. The van der Waals surface area contributed by atoms with Gasteiger partial charge in [-0.05, 0) is 19.1 Å². The number of rotatable bonds is 6. The van der Waals surface area contributed by atoms with Crippen LogP contribution in [0.15, 0.2) is 34.9 Å². The molecule has 0 saturated heterocycles. The SMILES string of the molecule is CNC(=O)COc1cccc(OCc2cc(C)on2)c1. The normalized spacial score (nSPS) is 10.1. The minimum absolute atomic E-state index is 0.0254. The van der Waals surface area contributed by atoms with Gasteiger partial charge >= 0.3 is 0 Å². The maximum atomic E-state index is 11.1. The lowest BCUT2D eigenvalue weighted by molar-refractivity contribution is -0.122. The van der Waals surface area contributed by atoms with Gasteiger partial charge in [-0.3, -0.25) is 4.79 Å². The van der Waals surface area contributed by atoms with Crippen molar-refractivity contribution in [3.8, 4) is 11.5 Å². The molecule has 1 aromatic heterocycles. The summed E-state index contributed by atoms with van der Waals surface area (Å²) in [6, 6.07) is 8.89. The Hall–Kier alpha value is -2.50. The van der Waals surface area contributed by atoms with E-state index < -0.39 is 0 Å². The minimum Gasteiger partial charge on any atom is -0.487 e. The quantitative estimate of drug-likeness (QED) is 0.869.